The molecule has 0 aromatic heterocycles. The van der Waals surface area contributed by atoms with Crippen LogP contribution in [-0.2, 0) is 12.8 Å². The lowest BCUT2D eigenvalue weighted by molar-refractivity contribution is 0.397. The SMILES string of the molecule is COc1c(CC=C(C)C)c(O)cc(C=Cc2ccccc2)c1CC=C(C)C. The minimum absolute atomic E-state index is 0.276. The number of hydrogen-bond acceptors (Lipinski definition) is 2. The number of aromatic hydroxyl groups is 1. The Hall–Kier alpha value is -2.74. The van der Waals surface area contributed by atoms with Crippen molar-refractivity contribution in [3.8, 4) is 11.5 Å². The molecule has 0 aliphatic rings. The van der Waals surface area contributed by atoms with Crippen LogP contribution in [0.25, 0.3) is 12.2 Å². The summed E-state index contributed by atoms with van der Waals surface area (Å²) in [6.07, 6.45) is 9.84. The molecule has 0 aliphatic heterocycles. The molecule has 0 bridgehead atoms. The fourth-order valence-electron chi connectivity index (χ4n) is 2.92. The lowest BCUT2D eigenvalue weighted by atomic mass is 9.95. The molecule has 2 aromatic rings. The molecule has 0 unspecified atom stereocenters. The smallest absolute Gasteiger partial charge is 0.130 e. The number of phenolic OH excluding ortho intramolecular Hbond substituents is 1. The fraction of sp³-hybridized carbons (Fsp3) is 0.280. The second-order valence-electron chi connectivity index (χ2n) is 7.19. The highest BCUT2D eigenvalue weighted by Crippen LogP contribution is 2.37. The van der Waals surface area contributed by atoms with Crippen molar-refractivity contribution in [3.63, 3.8) is 0 Å². The Morgan fingerprint density at radius 1 is 0.889 bits per heavy atom. The van der Waals surface area contributed by atoms with Gasteiger partial charge in [-0.1, -0.05) is 65.8 Å². The van der Waals surface area contributed by atoms with E-state index in [1.807, 2.05) is 24.3 Å². The normalized spacial score (nSPS) is 10.7. The van der Waals surface area contributed by atoms with E-state index in [-0.39, 0.29) is 5.75 Å². The highest BCUT2D eigenvalue weighted by Gasteiger charge is 2.16. The van der Waals surface area contributed by atoms with Gasteiger partial charge in [-0.2, -0.15) is 0 Å². The monoisotopic (exact) mass is 362 g/mol. The molecule has 0 saturated carbocycles. The topological polar surface area (TPSA) is 29.5 Å². The third-order valence-electron chi connectivity index (χ3n) is 4.39. The van der Waals surface area contributed by atoms with Crippen molar-refractivity contribution >= 4 is 12.2 Å². The molecule has 0 atom stereocenters. The first kappa shape index (κ1) is 20.6. The van der Waals surface area contributed by atoms with Crippen LogP contribution in [0.15, 0.2) is 59.7 Å². The third-order valence-corrected chi connectivity index (χ3v) is 4.39. The van der Waals surface area contributed by atoms with Gasteiger partial charge >= 0.3 is 0 Å². The summed E-state index contributed by atoms with van der Waals surface area (Å²) in [6, 6.07) is 12.0. The van der Waals surface area contributed by atoms with E-state index in [9.17, 15) is 5.11 Å². The molecule has 0 aliphatic carbocycles. The van der Waals surface area contributed by atoms with Gasteiger partial charge in [0.05, 0.1) is 7.11 Å². The third kappa shape index (κ3) is 5.89. The highest BCUT2D eigenvalue weighted by molar-refractivity contribution is 5.74. The number of methoxy groups -OCH3 is 1. The van der Waals surface area contributed by atoms with Crippen LogP contribution in [0.1, 0.15) is 49.9 Å². The highest BCUT2D eigenvalue weighted by atomic mass is 16.5. The van der Waals surface area contributed by atoms with Gasteiger partial charge in [0.25, 0.3) is 0 Å². The first-order valence-corrected chi connectivity index (χ1v) is 9.34. The van der Waals surface area contributed by atoms with E-state index in [0.717, 1.165) is 34.4 Å². The molecule has 2 nitrogen and oxygen atoms in total. The van der Waals surface area contributed by atoms with Crippen LogP contribution in [0.2, 0.25) is 0 Å². The van der Waals surface area contributed by atoms with Crippen LogP contribution in [0.4, 0.5) is 0 Å². The molecule has 2 heteroatoms. The quantitative estimate of drug-likeness (QED) is 0.445. The standard InChI is InChI=1S/C25H30O2/c1-18(2)11-15-22-21(14-13-20-9-7-6-8-10-20)17-24(26)23(25(22)27-5)16-12-19(3)4/h6-14,17,26H,15-16H2,1-5H3. The lowest BCUT2D eigenvalue weighted by Gasteiger charge is -2.17. The van der Waals surface area contributed by atoms with Gasteiger partial charge in [-0.15, -0.1) is 0 Å². The van der Waals surface area contributed by atoms with Gasteiger partial charge in [0, 0.05) is 11.1 Å². The minimum atomic E-state index is 0.276. The fourth-order valence-corrected chi connectivity index (χ4v) is 2.92. The minimum Gasteiger partial charge on any atom is -0.507 e. The van der Waals surface area contributed by atoms with E-state index in [1.54, 1.807) is 7.11 Å². The Labute approximate surface area is 163 Å². The first-order chi connectivity index (χ1) is 12.9. The molecule has 142 valence electrons. The maximum Gasteiger partial charge on any atom is 0.130 e. The first-order valence-electron chi connectivity index (χ1n) is 9.34. The lowest BCUT2D eigenvalue weighted by Crippen LogP contribution is -2.00. The van der Waals surface area contributed by atoms with Gasteiger partial charge < -0.3 is 9.84 Å². The molecule has 1 N–H and O–H groups in total. The molecule has 27 heavy (non-hydrogen) atoms. The zero-order valence-electron chi connectivity index (χ0n) is 17.0. The van der Waals surface area contributed by atoms with E-state index in [0.29, 0.717) is 6.42 Å². The maximum atomic E-state index is 10.7. The molecule has 0 amide bonds. The molecule has 2 aromatic carbocycles. The van der Waals surface area contributed by atoms with Crippen molar-refractivity contribution in [2.75, 3.05) is 7.11 Å². The summed E-state index contributed by atoms with van der Waals surface area (Å²) in [5, 5.41) is 10.7. The van der Waals surface area contributed by atoms with Crippen molar-refractivity contribution in [1.82, 2.24) is 0 Å². The Morgan fingerprint density at radius 2 is 1.48 bits per heavy atom. The summed E-state index contributed by atoms with van der Waals surface area (Å²) in [5.41, 5.74) is 6.52. The molecule has 0 fully saturated rings. The number of hydrogen-bond donors (Lipinski definition) is 1. The van der Waals surface area contributed by atoms with Gasteiger partial charge in [-0.3, -0.25) is 0 Å². The predicted octanol–water partition coefficient (Wildman–Crippen LogP) is 6.59. The van der Waals surface area contributed by atoms with E-state index >= 15 is 0 Å². The van der Waals surface area contributed by atoms with E-state index < -0.39 is 0 Å². The van der Waals surface area contributed by atoms with Crippen LogP contribution in [0, 0.1) is 0 Å². The van der Waals surface area contributed by atoms with Gasteiger partial charge in [-0.25, -0.2) is 0 Å². The molecule has 2 rings (SSSR count). The zero-order chi connectivity index (χ0) is 19.8. The molecule has 0 radical (unpaired) electrons. The van der Waals surface area contributed by atoms with Crippen molar-refractivity contribution < 1.29 is 9.84 Å². The molecular formula is C25H30O2. The Morgan fingerprint density at radius 3 is 2.04 bits per heavy atom. The van der Waals surface area contributed by atoms with Crippen LogP contribution in [0.3, 0.4) is 0 Å². The summed E-state index contributed by atoms with van der Waals surface area (Å²) >= 11 is 0. The van der Waals surface area contributed by atoms with E-state index in [1.165, 1.54) is 11.1 Å². The summed E-state index contributed by atoms with van der Waals surface area (Å²) < 4.78 is 5.76. The van der Waals surface area contributed by atoms with Crippen molar-refractivity contribution in [1.29, 1.82) is 0 Å². The summed E-state index contributed by atoms with van der Waals surface area (Å²) in [4.78, 5) is 0. The van der Waals surface area contributed by atoms with Crippen molar-refractivity contribution in [2.24, 2.45) is 0 Å². The molecular weight excluding hydrogens is 332 g/mol. The van der Waals surface area contributed by atoms with E-state index in [2.05, 4.69) is 64.1 Å². The van der Waals surface area contributed by atoms with E-state index in [4.69, 9.17) is 4.74 Å². The Bertz CT molecular complexity index is 848. The van der Waals surface area contributed by atoms with Gasteiger partial charge in [0.1, 0.15) is 11.5 Å². The van der Waals surface area contributed by atoms with Crippen LogP contribution < -0.4 is 4.74 Å². The average Bonchev–Trinajstić information content (AvgIpc) is 2.64. The number of benzene rings is 2. The number of ether oxygens (including phenoxy) is 1. The van der Waals surface area contributed by atoms with Crippen molar-refractivity contribution in [3.05, 3.63) is 82.0 Å². The Balaban J connectivity index is 2.56. The zero-order valence-corrected chi connectivity index (χ0v) is 17.0. The number of rotatable bonds is 7. The summed E-state index contributed by atoms with van der Waals surface area (Å²) in [7, 11) is 1.68. The molecule has 0 heterocycles. The van der Waals surface area contributed by atoms with Crippen molar-refractivity contribution in [2.45, 2.75) is 40.5 Å². The summed E-state index contributed by atoms with van der Waals surface area (Å²) in [5.74, 6) is 1.05. The van der Waals surface area contributed by atoms with Crippen LogP contribution >= 0.6 is 0 Å². The van der Waals surface area contributed by atoms with Crippen LogP contribution in [-0.4, -0.2) is 12.2 Å². The second-order valence-corrected chi connectivity index (χ2v) is 7.19. The summed E-state index contributed by atoms with van der Waals surface area (Å²) in [6.45, 7) is 8.31. The number of allylic oxidation sites excluding steroid dienone is 4. The number of phenols is 1. The maximum absolute atomic E-state index is 10.7. The van der Waals surface area contributed by atoms with Gasteiger partial charge in [0.15, 0.2) is 0 Å². The Kier molecular flexibility index (Phi) is 7.48. The second kappa shape index (κ2) is 9.82. The predicted molar refractivity (Wildman–Crippen MR) is 116 cm³/mol. The molecule has 0 saturated heterocycles. The van der Waals surface area contributed by atoms with Crippen LogP contribution in [0.5, 0.6) is 11.5 Å². The molecule has 0 spiro atoms. The average molecular weight is 363 g/mol. The van der Waals surface area contributed by atoms with Gasteiger partial charge in [0.2, 0.25) is 0 Å². The largest absolute Gasteiger partial charge is 0.507 e. The van der Waals surface area contributed by atoms with Gasteiger partial charge in [-0.05, 0) is 57.7 Å².